The van der Waals surface area contributed by atoms with Crippen molar-refractivity contribution in [1.29, 1.82) is 0 Å². The summed E-state index contributed by atoms with van der Waals surface area (Å²) in [5.74, 6) is -1.77. The van der Waals surface area contributed by atoms with Crippen LogP contribution in [0.4, 0.5) is 14.5 Å². The van der Waals surface area contributed by atoms with E-state index >= 15 is 4.39 Å². The van der Waals surface area contributed by atoms with Crippen LogP contribution in [0.15, 0.2) is 84.2 Å². The SMILES string of the molecule is O=C(Nc1ccc(Oc2ccnc3[nH]nc(-c4cnn(C5CCNCC5)c4)c23)c(F)c1)c1ccnn(-c2ccc(F)cc2)c1=O. The van der Waals surface area contributed by atoms with E-state index in [-0.39, 0.29) is 22.7 Å². The topological polar surface area (TPSA) is 145 Å². The average Bonchev–Trinajstić information content (AvgIpc) is 3.72. The van der Waals surface area contributed by atoms with E-state index in [0.717, 1.165) is 42.2 Å². The lowest BCUT2D eigenvalue weighted by atomic mass is 10.1. The van der Waals surface area contributed by atoms with Crippen molar-refractivity contribution >= 4 is 22.6 Å². The third-order valence-electron chi connectivity index (χ3n) is 7.55. The number of benzene rings is 2. The smallest absolute Gasteiger partial charge is 0.284 e. The molecule has 3 N–H and O–H groups in total. The van der Waals surface area contributed by atoms with Gasteiger partial charge in [0.2, 0.25) is 0 Å². The van der Waals surface area contributed by atoms with Crippen LogP contribution >= 0.6 is 0 Å². The van der Waals surface area contributed by atoms with Gasteiger partial charge in [-0.1, -0.05) is 0 Å². The van der Waals surface area contributed by atoms with Crippen molar-refractivity contribution in [1.82, 2.24) is 40.1 Å². The fourth-order valence-electron chi connectivity index (χ4n) is 5.28. The number of carbonyl (C=O) groups is 1. The zero-order valence-electron chi connectivity index (χ0n) is 23.6. The highest BCUT2D eigenvalue weighted by molar-refractivity contribution is 6.04. The quantitative estimate of drug-likeness (QED) is 0.238. The van der Waals surface area contributed by atoms with Crippen LogP contribution in [0.2, 0.25) is 0 Å². The van der Waals surface area contributed by atoms with Crippen molar-refractivity contribution in [3.63, 3.8) is 0 Å². The fraction of sp³-hybridized carbons (Fsp3) is 0.161. The number of pyridine rings is 1. The third-order valence-corrected chi connectivity index (χ3v) is 7.55. The first-order valence-electron chi connectivity index (χ1n) is 14.2. The van der Waals surface area contributed by atoms with Gasteiger partial charge in [-0.15, -0.1) is 0 Å². The Hall–Kier alpha value is -5.76. The third kappa shape index (κ3) is 5.54. The van der Waals surface area contributed by atoms with E-state index in [2.05, 4.69) is 36.0 Å². The van der Waals surface area contributed by atoms with Crippen LogP contribution in [-0.4, -0.2) is 53.7 Å². The first kappa shape index (κ1) is 28.0. The Morgan fingerprint density at radius 3 is 2.60 bits per heavy atom. The maximum atomic E-state index is 15.3. The number of piperidine rings is 1. The van der Waals surface area contributed by atoms with Gasteiger partial charge in [-0.3, -0.25) is 19.4 Å². The highest BCUT2D eigenvalue weighted by Crippen LogP contribution is 2.36. The Bertz CT molecular complexity index is 2080. The molecule has 1 aliphatic heterocycles. The first-order chi connectivity index (χ1) is 21.9. The van der Waals surface area contributed by atoms with Crippen LogP contribution < -0.4 is 20.9 Å². The van der Waals surface area contributed by atoms with Crippen LogP contribution in [0, 0.1) is 11.6 Å². The van der Waals surface area contributed by atoms with E-state index in [1.807, 2.05) is 10.9 Å². The first-order valence-corrected chi connectivity index (χ1v) is 14.2. The van der Waals surface area contributed by atoms with Gasteiger partial charge in [-0.25, -0.2) is 13.8 Å². The number of hydrogen-bond donors (Lipinski definition) is 3. The van der Waals surface area contributed by atoms with Crippen molar-refractivity contribution in [3.8, 4) is 28.4 Å². The molecule has 0 unspecified atom stereocenters. The van der Waals surface area contributed by atoms with Gasteiger partial charge in [0.1, 0.15) is 22.8 Å². The lowest BCUT2D eigenvalue weighted by Crippen LogP contribution is -2.29. The minimum absolute atomic E-state index is 0.0966. The zero-order chi connectivity index (χ0) is 30.9. The van der Waals surface area contributed by atoms with Crippen molar-refractivity contribution in [2.45, 2.75) is 18.9 Å². The van der Waals surface area contributed by atoms with E-state index in [4.69, 9.17) is 4.74 Å². The van der Waals surface area contributed by atoms with Crippen molar-refractivity contribution in [3.05, 3.63) is 107 Å². The molecule has 5 heterocycles. The second kappa shape index (κ2) is 11.7. The van der Waals surface area contributed by atoms with Gasteiger partial charge in [-0.2, -0.15) is 20.0 Å². The molecular weight excluding hydrogens is 584 g/mol. The molecule has 1 amide bonds. The Morgan fingerprint density at radius 1 is 0.978 bits per heavy atom. The number of fused-ring (bicyclic) bond motifs is 1. The van der Waals surface area contributed by atoms with Crippen LogP contribution in [0.5, 0.6) is 11.5 Å². The van der Waals surface area contributed by atoms with E-state index in [1.54, 1.807) is 12.3 Å². The Labute approximate surface area is 253 Å². The molecule has 4 aromatic heterocycles. The molecule has 2 aromatic carbocycles. The van der Waals surface area contributed by atoms with Crippen LogP contribution in [0.1, 0.15) is 29.2 Å². The van der Waals surface area contributed by atoms with Crippen molar-refractivity contribution in [2.75, 3.05) is 18.4 Å². The largest absolute Gasteiger partial charge is 0.453 e. The molecule has 1 aliphatic rings. The molecule has 1 fully saturated rings. The van der Waals surface area contributed by atoms with Gasteiger partial charge in [0, 0.05) is 35.9 Å². The maximum Gasteiger partial charge on any atom is 0.284 e. The fourth-order valence-corrected chi connectivity index (χ4v) is 5.28. The van der Waals surface area contributed by atoms with Crippen LogP contribution in [0.25, 0.3) is 28.0 Å². The Balaban J connectivity index is 1.11. The number of rotatable bonds is 7. The van der Waals surface area contributed by atoms with Gasteiger partial charge in [0.05, 0.1) is 23.3 Å². The normalized spacial score (nSPS) is 13.6. The number of nitrogens with zero attached hydrogens (tertiary/aromatic N) is 6. The summed E-state index contributed by atoms with van der Waals surface area (Å²) < 4.78 is 37.5. The number of halogens is 2. The van der Waals surface area contributed by atoms with Crippen molar-refractivity contribution < 1.29 is 18.3 Å². The van der Waals surface area contributed by atoms with Gasteiger partial charge in [0.25, 0.3) is 11.5 Å². The summed E-state index contributed by atoms with van der Waals surface area (Å²) in [4.78, 5) is 30.2. The molecule has 0 saturated carbocycles. The number of hydrogen-bond acceptors (Lipinski definition) is 8. The zero-order valence-corrected chi connectivity index (χ0v) is 23.6. The van der Waals surface area contributed by atoms with Crippen LogP contribution in [-0.2, 0) is 0 Å². The number of H-pyrrole nitrogens is 1. The average molecular weight is 610 g/mol. The van der Waals surface area contributed by atoms with Crippen molar-refractivity contribution in [2.24, 2.45) is 0 Å². The molecule has 1 saturated heterocycles. The van der Waals surface area contributed by atoms with Crippen LogP contribution in [0.3, 0.4) is 0 Å². The summed E-state index contributed by atoms with van der Waals surface area (Å²) in [5.41, 5.74) is 1.23. The molecule has 0 aliphatic carbocycles. The summed E-state index contributed by atoms with van der Waals surface area (Å²) in [6.07, 6.45) is 8.43. The number of aromatic nitrogens is 7. The molecule has 6 aromatic rings. The minimum Gasteiger partial charge on any atom is -0.453 e. The Kier molecular flexibility index (Phi) is 7.31. The number of anilines is 1. The number of nitrogens with one attached hydrogen (secondary N) is 3. The molecular formula is C31H25F2N9O3. The lowest BCUT2D eigenvalue weighted by Gasteiger charge is -2.22. The second-order valence-electron chi connectivity index (χ2n) is 10.4. The highest BCUT2D eigenvalue weighted by Gasteiger charge is 2.21. The summed E-state index contributed by atoms with van der Waals surface area (Å²) in [6, 6.07) is 12.2. The molecule has 226 valence electrons. The molecule has 0 radical (unpaired) electrons. The van der Waals surface area contributed by atoms with Gasteiger partial charge >= 0.3 is 0 Å². The minimum atomic E-state index is -0.768. The molecule has 7 rings (SSSR count). The number of amides is 1. The number of aromatic amines is 1. The van der Waals surface area contributed by atoms with Gasteiger partial charge in [0.15, 0.2) is 17.2 Å². The molecule has 12 nitrogen and oxygen atoms in total. The summed E-state index contributed by atoms with van der Waals surface area (Å²) in [6.45, 7) is 1.87. The van der Waals surface area contributed by atoms with E-state index in [9.17, 15) is 14.0 Å². The number of carbonyl (C=O) groups excluding carboxylic acids is 1. The van der Waals surface area contributed by atoms with E-state index < -0.39 is 23.1 Å². The maximum absolute atomic E-state index is 15.3. The number of ether oxygens (including phenoxy) is 1. The standard InChI is InChI=1S/C31H25F2N9O3/c32-19-1-4-22(5-2-19)42-31(44)23(9-14-36-42)30(43)38-20-3-6-25(24(33)15-20)45-26-10-13-35-29-27(26)28(39-40-29)18-16-37-41(17-18)21-7-11-34-12-8-21/h1-6,9-10,13-17,21,34H,7-8,11-12H2,(H,38,43)(H,35,39,40). The predicted molar refractivity (Wildman–Crippen MR) is 160 cm³/mol. The van der Waals surface area contributed by atoms with Gasteiger partial charge < -0.3 is 15.4 Å². The Morgan fingerprint density at radius 2 is 1.80 bits per heavy atom. The van der Waals surface area contributed by atoms with E-state index in [1.165, 1.54) is 54.9 Å². The molecule has 45 heavy (non-hydrogen) atoms. The summed E-state index contributed by atoms with van der Waals surface area (Å²) in [7, 11) is 0. The molecule has 0 spiro atoms. The lowest BCUT2D eigenvalue weighted by molar-refractivity contribution is 0.102. The van der Waals surface area contributed by atoms with E-state index in [0.29, 0.717) is 28.5 Å². The monoisotopic (exact) mass is 609 g/mol. The summed E-state index contributed by atoms with van der Waals surface area (Å²) >= 11 is 0. The highest BCUT2D eigenvalue weighted by atomic mass is 19.1. The molecule has 0 atom stereocenters. The summed E-state index contributed by atoms with van der Waals surface area (Å²) in [5, 5.41) is 22.3. The molecule has 14 heteroatoms. The molecule has 0 bridgehead atoms. The second-order valence-corrected chi connectivity index (χ2v) is 10.4. The van der Waals surface area contributed by atoms with Gasteiger partial charge in [-0.05, 0) is 74.5 Å². The predicted octanol–water partition coefficient (Wildman–Crippen LogP) is 4.61.